The summed E-state index contributed by atoms with van der Waals surface area (Å²) in [6.45, 7) is 2.93. The molecule has 8 nitrogen and oxygen atoms in total. The van der Waals surface area contributed by atoms with Crippen molar-refractivity contribution >= 4 is 15.5 Å². The van der Waals surface area contributed by atoms with Crippen molar-refractivity contribution in [1.29, 1.82) is 0 Å². The van der Waals surface area contributed by atoms with E-state index >= 15 is 0 Å². The van der Waals surface area contributed by atoms with Gasteiger partial charge in [-0.25, -0.2) is 8.42 Å². The lowest BCUT2D eigenvalue weighted by atomic mass is 10.2. The molecule has 0 aliphatic carbocycles. The predicted octanol–water partition coefficient (Wildman–Crippen LogP) is 1.29. The molecule has 0 fully saturated rings. The van der Waals surface area contributed by atoms with Gasteiger partial charge < -0.3 is 5.11 Å². The van der Waals surface area contributed by atoms with E-state index in [1.165, 1.54) is 12.3 Å². The monoisotopic (exact) mass is 378 g/mol. The van der Waals surface area contributed by atoms with Gasteiger partial charge in [-0.3, -0.25) is 25.2 Å². The van der Waals surface area contributed by atoms with Crippen molar-refractivity contribution in [3.63, 3.8) is 0 Å². The summed E-state index contributed by atoms with van der Waals surface area (Å²) in [7, 11) is -1.28. The molecule has 0 bridgehead atoms. The average Bonchev–Trinajstić information content (AvgIpc) is 3.02. The minimum absolute atomic E-state index is 0.00995. The predicted molar refractivity (Wildman–Crippen MR) is 95.9 cm³/mol. The van der Waals surface area contributed by atoms with Crippen LogP contribution >= 0.6 is 0 Å². The molecule has 2 aromatic rings. The summed E-state index contributed by atoms with van der Waals surface area (Å²) in [5.41, 5.74) is 6.09. The van der Waals surface area contributed by atoms with Crippen LogP contribution in [-0.4, -0.2) is 47.8 Å². The molecule has 1 aliphatic rings. The summed E-state index contributed by atoms with van der Waals surface area (Å²) in [6.07, 6.45) is 2.23. The van der Waals surface area contributed by atoms with Gasteiger partial charge in [0.2, 0.25) is 0 Å². The third-order valence-electron chi connectivity index (χ3n) is 4.23. The Morgan fingerprint density at radius 3 is 2.77 bits per heavy atom. The lowest BCUT2D eigenvalue weighted by Gasteiger charge is -2.16. The number of rotatable bonds is 7. The summed E-state index contributed by atoms with van der Waals surface area (Å²) >= 11 is 0. The molecule has 3 rings (SSSR count). The summed E-state index contributed by atoms with van der Waals surface area (Å²) < 4.78 is 23.7. The lowest BCUT2D eigenvalue weighted by Crippen LogP contribution is -2.15. The van der Waals surface area contributed by atoms with Gasteiger partial charge in [0.25, 0.3) is 0 Å². The van der Waals surface area contributed by atoms with Crippen molar-refractivity contribution in [2.24, 2.45) is 0 Å². The molecule has 2 N–H and O–H groups in total. The van der Waals surface area contributed by atoms with Crippen molar-refractivity contribution in [3.05, 3.63) is 47.5 Å². The number of fused-ring (bicyclic) bond motifs is 1. The Labute approximate surface area is 152 Å². The normalized spacial score (nSPS) is 15.7. The number of nitrogens with zero attached hydrogens (tertiary/aromatic N) is 3. The van der Waals surface area contributed by atoms with Crippen LogP contribution in [0.4, 0.5) is 5.69 Å². The summed E-state index contributed by atoms with van der Waals surface area (Å²) in [5, 5.41) is 9.58. The van der Waals surface area contributed by atoms with Crippen LogP contribution in [0.3, 0.4) is 0 Å². The maximum Gasteiger partial charge on any atom is 0.179 e. The van der Waals surface area contributed by atoms with E-state index in [1.54, 1.807) is 19.2 Å². The minimum atomic E-state index is -3.31. The van der Waals surface area contributed by atoms with Crippen LogP contribution < -0.4 is 5.48 Å². The number of aromatic nitrogens is 2. The molecule has 3 heterocycles. The van der Waals surface area contributed by atoms with Gasteiger partial charge in [-0.05, 0) is 30.8 Å². The zero-order chi connectivity index (χ0) is 18.7. The highest BCUT2D eigenvalue weighted by Crippen LogP contribution is 2.23. The average molecular weight is 378 g/mol. The van der Waals surface area contributed by atoms with E-state index in [9.17, 15) is 13.5 Å². The van der Waals surface area contributed by atoms with Crippen LogP contribution in [0, 0.1) is 0 Å². The fraction of sp³-hybridized carbons (Fsp3) is 0.412. The highest BCUT2D eigenvalue weighted by atomic mass is 32.2. The van der Waals surface area contributed by atoms with Crippen molar-refractivity contribution in [2.45, 2.75) is 31.0 Å². The Morgan fingerprint density at radius 2 is 2.12 bits per heavy atom. The van der Waals surface area contributed by atoms with Crippen molar-refractivity contribution in [1.82, 2.24) is 14.9 Å². The number of aliphatic hydroxyl groups is 1. The second-order valence-corrected chi connectivity index (χ2v) is 8.49. The fourth-order valence-corrected chi connectivity index (χ4v) is 3.56. The smallest absolute Gasteiger partial charge is 0.179 e. The first-order valence-electron chi connectivity index (χ1n) is 8.30. The van der Waals surface area contributed by atoms with E-state index in [4.69, 9.17) is 4.84 Å². The van der Waals surface area contributed by atoms with Crippen LogP contribution in [0.5, 0.6) is 0 Å². The van der Waals surface area contributed by atoms with Crippen LogP contribution in [-0.2, 0) is 27.8 Å². The highest BCUT2D eigenvalue weighted by Gasteiger charge is 2.19. The Hall–Kier alpha value is -2.07. The van der Waals surface area contributed by atoms with Crippen LogP contribution in [0.25, 0.3) is 0 Å². The van der Waals surface area contributed by atoms with Crippen molar-refractivity contribution < 1.29 is 18.4 Å². The van der Waals surface area contributed by atoms with E-state index in [2.05, 4.69) is 20.3 Å². The molecule has 0 aromatic carbocycles. The van der Waals surface area contributed by atoms with Gasteiger partial charge in [0, 0.05) is 19.3 Å². The van der Waals surface area contributed by atoms with Gasteiger partial charge in [0.05, 0.1) is 40.5 Å². The molecule has 1 atom stereocenters. The summed E-state index contributed by atoms with van der Waals surface area (Å²) in [5.74, 6) is 0.00995. The van der Waals surface area contributed by atoms with E-state index in [-0.39, 0.29) is 17.3 Å². The molecular formula is C17H22N4O4S. The van der Waals surface area contributed by atoms with E-state index in [0.717, 1.165) is 24.3 Å². The number of aliphatic hydroxyl groups excluding tert-OH is 1. The van der Waals surface area contributed by atoms with Gasteiger partial charge in [0.15, 0.2) is 15.9 Å². The molecule has 2 aromatic heterocycles. The first-order chi connectivity index (χ1) is 12.4. The molecule has 26 heavy (non-hydrogen) atoms. The Kier molecular flexibility index (Phi) is 5.52. The topological polar surface area (TPSA) is 105 Å². The molecular weight excluding hydrogens is 356 g/mol. The minimum Gasteiger partial charge on any atom is -0.393 e. The van der Waals surface area contributed by atoms with Crippen LogP contribution in [0.2, 0.25) is 0 Å². The number of hydrogen-bond donors (Lipinski definition) is 2. The third-order valence-corrected chi connectivity index (χ3v) is 5.95. The first-order valence-corrected chi connectivity index (χ1v) is 9.95. The first kappa shape index (κ1) is 18.7. The van der Waals surface area contributed by atoms with E-state index in [1.807, 2.05) is 13.1 Å². The second kappa shape index (κ2) is 7.67. The second-order valence-electron chi connectivity index (χ2n) is 6.22. The third kappa shape index (κ3) is 4.01. The molecule has 0 amide bonds. The zero-order valence-corrected chi connectivity index (χ0v) is 15.5. The number of sulfone groups is 1. The van der Waals surface area contributed by atoms with Crippen LogP contribution in [0.15, 0.2) is 35.5 Å². The van der Waals surface area contributed by atoms with E-state index < -0.39 is 15.9 Å². The number of hydrogen-bond acceptors (Lipinski definition) is 8. The quantitative estimate of drug-likeness (QED) is 0.695. The zero-order valence-electron chi connectivity index (χ0n) is 14.7. The Balaban J connectivity index is 1.68. The summed E-state index contributed by atoms with van der Waals surface area (Å²) in [4.78, 5) is 16.4. The van der Waals surface area contributed by atoms with Gasteiger partial charge in [-0.15, -0.1) is 0 Å². The summed E-state index contributed by atoms with van der Waals surface area (Å²) in [6, 6.07) is 4.98. The van der Waals surface area contributed by atoms with Gasteiger partial charge in [-0.2, -0.15) is 0 Å². The van der Waals surface area contributed by atoms with Gasteiger partial charge in [0.1, 0.15) is 0 Å². The molecule has 0 saturated carbocycles. The number of anilines is 1. The molecule has 9 heteroatoms. The fourth-order valence-electron chi connectivity index (χ4n) is 2.74. The van der Waals surface area contributed by atoms with Gasteiger partial charge >= 0.3 is 0 Å². The maximum atomic E-state index is 11.8. The van der Waals surface area contributed by atoms with Crippen LogP contribution in [0.1, 0.15) is 30.0 Å². The molecule has 0 spiro atoms. The van der Waals surface area contributed by atoms with Gasteiger partial charge in [-0.1, -0.05) is 6.92 Å². The molecule has 140 valence electrons. The molecule has 0 radical (unpaired) electrons. The molecule has 1 aliphatic heterocycles. The maximum absolute atomic E-state index is 11.8. The van der Waals surface area contributed by atoms with Crippen molar-refractivity contribution in [2.75, 3.05) is 24.9 Å². The number of pyridine rings is 2. The largest absolute Gasteiger partial charge is 0.393 e. The lowest BCUT2D eigenvalue weighted by molar-refractivity contribution is 0.0434. The standard InChI is InChI=1S/C17H22N4O4S/c1-3-26(23,24)14-4-5-15(19-8-14)17(11-22)25-20-13-6-12-9-21(2)10-16(12)18-7-13/h4-8,17,20,22H,3,9-11H2,1-2H3. The molecule has 0 saturated heterocycles. The number of nitrogens with one attached hydrogen (secondary N) is 1. The van der Waals surface area contributed by atoms with E-state index in [0.29, 0.717) is 11.4 Å². The molecule has 1 unspecified atom stereocenters. The van der Waals surface area contributed by atoms with Crippen molar-refractivity contribution in [3.8, 4) is 0 Å². The Bertz CT molecular complexity index is 871. The SMILES string of the molecule is CCS(=O)(=O)c1ccc(C(CO)ONc2cnc3c(c2)CN(C)C3)nc1. The Morgan fingerprint density at radius 1 is 1.31 bits per heavy atom. The highest BCUT2D eigenvalue weighted by molar-refractivity contribution is 7.91.